The summed E-state index contributed by atoms with van der Waals surface area (Å²) in [6.45, 7) is 3.23. The summed E-state index contributed by atoms with van der Waals surface area (Å²) in [4.78, 5) is 13.1. The number of aliphatic carboxylic acids is 1. The van der Waals surface area contributed by atoms with Crippen molar-refractivity contribution in [2.75, 3.05) is 27.3 Å². The first-order valence-corrected chi connectivity index (χ1v) is 6.77. The third kappa shape index (κ3) is 2.88. The van der Waals surface area contributed by atoms with Gasteiger partial charge in [0.1, 0.15) is 6.04 Å². The van der Waals surface area contributed by atoms with Crippen LogP contribution in [-0.4, -0.2) is 49.3 Å². The summed E-state index contributed by atoms with van der Waals surface area (Å²) in [6, 6.07) is 3.56. The molecule has 0 amide bonds. The van der Waals surface area contributed by atoms with Gasteiger partial charge in [-0.2, -0.15) is 0 Å². The van der Waals surface area contributed by atoms with E-state index in [1.54, 1.807) is 21.1 Å². The van der Waals surface area contributed by atoms with Crippen molar-refractivity contribution >= 4 is 5.97 Å². The Kier molecular flexibility index (Phi) is 4.49. The van der Waals surface area contributed by atoms with E-state index >= 15 is 0 Å². The van der Waals surface area contributed by atoms with Gasteiger partial charge in [-0.15, -0.1) is 0 Å². The maximum absolute atomic E-state index is 11.1. The normalized spacial score (nSPS) is 16.9. The Labute approximate surface area is 119 Å². The molecule has 1 heterocycles. The molecular formula is C15H21NO4. The average Bonchev–Trinajstić information content (AvgIpc) is 2.66. The number of carboxylic acids is 1. The van der Waals surface area contributed by atoms with Gasteiger partial charge in [-0.25, -0.2) is 0 Å². The molecule has 0 radical (unpaired) electrons. The first-order valence-electron chi connectivity index (χ1n) is 6.77. The molecule has 0 saturated carbocycles. The van der Waals surface area contributed by atoms with E-state index in [1.165, 1.54) is 11.1 Å². The minimum atomic E-state index is -0.772. The number of hydrogen-bond acceptors (Lipinski definition) is 4. The van der Waals surface area contributed by atoms with Crippen LogP contribution in [0, 0.1) is 0 Å². The van der Waals surface area contributed by atoms with Crippen LogP contribution in [0.1, 0.15) is 18.1 Å². The molecule has 5 nitrogen and oxygen atoms in total. The van der Waals surface area contributed by atoms with Gasteiger partial charge < -0.3 is 14.6 Å². The van der Waals surface area contributed by atoms with E-state index < -0.39 is 12.0 Å². The van der Waals surface area contributed by atoms with Crippen molar-refractivity contribution in [3.63, 3.8) is 0 Å². The van der Waals surface area contributed by atoms with Crippen LogP contribution < -0.4 is 9.47 Å². The lowest BCUT2D eigenvalue weighted by Gasteiger charge is -2.23. The standard InChI is InChI=1S/C15H21NO4/c1-10(15(17)18)16-6-4-11-8-13(19-2)14(20-3)9-12(11)5-7-16/h8-10H,4-7H2,1-3H3,(H,17,18). The predicted octanol–water partition coefficient (Wildman–Crippen LogP) is 1.58. The summed E-state index contributed by atoms with van der Waals surface area (Å²) < 4.78 is 10.6. The lowest BCUT2D eigenvalue weighted by atomic mass is 10.0. The third-order valence-corrected chi connectivity index (χ3v) is 3.95. The molecule has 1 aliphatic rings. The molecule has 0 aliphatic carbocycles. The minimum absolute atomic E-state index is 0.451. The van der Waals surface area contributed by atoms with Crippen molar-refractivity contribution in [3.05, 3.63) is 23.3 Å². The first kappa shape index (κ1) is 14.7. The van der Waals surface area contributed by atoms with Gasteiger partial charge in [0.05, 0.1) is 14.2 Å². The number of carbonyl (C=O) groups is 1. The molecule has 1 atom stereocenters. The van der Waals surface area contributed by atoms with Gasteiger partial charge in [0.25, 0.3) is 0 Å². The van der Waals surface area contributed by atoms with Gasteiger partial charge in [0.2, 0.25) is 0 Å². The first-order chi connectivity index (χ1) is 9.56. The molecule has 0 spiro atoms. The van der Waals surface area contributed by atoms with Gasteiger partial charge in [-0.3, -0.25) is 9.69 Å². The van der Waals surface area contributed by atoms with E-state index in [4.69, 9.17) is 14.6 Å². The van der Waals surface area contributed by atoms with Crippen molar-refractivity contribution in [2.24, 2.45) is 0 Å². The largest absolute Gasteiger partial charge is 0.493 e. The van der Waals surface area contributed by atoms with E-state index in [2.05, 4.69) is 0 Å². The van der Waals surface area contributed by atoms with Crippen molar-refractivity contribution in [2.45, 2.75) is 25.8 Å². The molecular weight excluding hydrogens is 258 g/mol. The Morgan fingerprint density at radius 2 is 1.60 bits per heavy atom. The minimum Gasteiger partial charge on any atom is -0.493 e. The summed E-state index contributed by atoms with van der Waals surface area (Å²) in [7, 11) is 3.25. The fraction of sp³-hybridized carbons (Fsp3) is 0.533. The lowest BCUT2D eigenvalue weighted by molar-refractivity contribution is -0.142. The molecule has 0 aromatic heterocycles. The maximum Gasteiger partial charge on any atom is 0.320 e. The highest BCUT2D eigenvalue weighted by Gasteiger charge is 2.24. The van der Waals surface area contributed by atoms with E-state index in [1.807, 2.05) is 17.0 Å². The zero-order valence-electron chi connectivity index (χ0n) is 12.2. The van der Waals surface area contributed by atoms with E-state index in [0.29, 0.717) is 0 Å². The molecule has 1 aromatic carbocycles. The molecule has 0 saturated heterocycles. The van der Waals surface area contributed by atoms with Crippen LogP contribution in [-0.2, 0) is 17.6 Å². The highest BCUT2D eigenvalue weighted by atomic mass is 16.5. The van der Waals surface area contributed by atoms with Crippen LogP contribution in [0.15, 0.2) is 12.1 Å². The van der Waals surface area contributed by atoms with Crippen molar-refractivity contribution < 1.29 is 19.4 Å². The number of nitrogens with zero attached hydrogens (tertiary/aromatic N) is 1. The number of fused-ring (bicyclic) bond motifs is 1. The quantitative estimate of drug-likeness (QED) is 0.906. The molecule has 5 heteroatoms. The van der Waals surface area contributed by atoms with Crippen molar-refractivity contribution in [3.8, 4) is 11.5 Å². The molecule has 0 fully saturated rings. The zero-order valence-corrected chi connectivity index (χ0v) is 12.2. The number of benzene rings is 1. The fourth-order valence-electron chi connectivity index (χ4n) is 2.61. The monoisotopic (exact) mass is 279 g/mol. The maximum atomic E-state index is 11.1. The van der Waals surface area contributed by atoms with Crippen LogP contribution in [0.5, 0.6) is 11.5 Å². The number of ether oxygens (including phenoxy) is 2. The lowest BCUT2D eigenvalue weighted by Crippen LogP contribution is -2.40. The number of rotatable bonds is 4. The highest BCUT2D eigenvalue weighted by molar-refractivity contribution is 5.72. The van der Waals surface area contributed by atoms with Gasteiger partial charge in [-0.1, -0.05) is 0 Å². The highest BCUT2D eigenvalue weighted by Crippen LogP contribution is 2.32. The molecule has 1 aliphatic heterocycles. The Hall–Kier alpha value is -1.75. The van der Waals surface area contributed by atoms with E-state index in [0.717, 1.165) is 37.4 Å². The second-order valence-corrected chi connectivity index (χ2v) is 5.03. The third-order valence-electron chi connectivity index (χ3n) is 3.95. The number of methoxy groups -OCH3 is 2. The number of hydrogen-bond donors (Lipinski definition) is 1. The van der Waals surface area contributed by atoms with Gasteiger partial charge in [0, 0.05) is 13.1 Å². The molecule has 1 N–H and O–H groups in total. The Morgan fingerprint density at radius 1 is 1.15 bits per heavy atom. The van der Waals surface area contributed by atoms with Crippen LogP contribution in [0.25, 0.3) is 0 Å². The average molecular weight is 279 g/mol. The molecule has 20 heavy (non-hydrogen) atoms. The second-order valence-electron chi connectivity index (χ2n) is 5.03. The van der Waals surface area contributed by atoms with Crippen LogP contribution in [0.4, 0.5) is 0 Å². The summed E-state index contributed by atoms with van der Waals surface area (Å²) in [5.74, 6) is 0.683. The smallest absolute Gasteiger partial charge is 0.320 e. The fourth-order valence-corrected chi connectivity index (χ4v) is 2.61. The van der Waals surface area contributed by atoms with Crippen LogP contribution in [0.2, 0.25) is 0 Å². The summed E-state index contributed by atoms with van der Waals surface area (Å²) in [6.07, 6.45) is 1.65. The topological polar surface area (TPSA) is 59.0 Å². The Bertz CT molecular complexity index is 466. The molecule has 0 bridgehead atoms. The van der Waals surface area contributed by atoms with Crippen molar-refractivity contribution in [1.82, 2.24) is 4.90 Å². The SMILES string of the molecule is COc1cc2c(cc1OC)CCN(C(C)C(=O)O)CC2. The Balaban J connectivity index is 2.23. The molecule has 110 valence electrons. The molecule has 1 unspecified atom stereocenters. The van der Waals surface area contributed by atoms with Gasteiger partial charge in [0.15, 0.2) is 11.5 Å². The predicted molar refractivity (Wildman–Crippen MR) is 75.6 cm³/mol. The van der Waals surface area contributed by atoms with Gasteiger partial charge >= 0.3 is 5.97 Å². The molecule has 1 aromatic rings. The van der Waals surface area contributed by atoms with Crippen molar-refractivity contribution in [1.29, 1.82) is 0 Å². The van der Waals surface area contributed by atoms with Crippen LogP contribution in [0.3, 0.4) is 0 Å². The number of carboxylic acid groups (broad SMARTS) is 1. The second kappa shape index (κ2) is 6.13. The summed E-state index contributed by atoms with van der Waals surface area (Å²) in [5.41, 5.74) is 2.42. The summed E-state index contributed by atoms with van der Waals surface area (Å²) in [5, 5.41) is 9.13. The van der Waals surface area contributed by atoms with E-state index in [-0.39, 0.29) is 0 Å². The zero-order chi connectivity index (χ0) is 14.7. The Morgan fingerprint density at radius 3 is 1.95 bits per heavy atom. The summed E-state index contributed by atoms with van der Waals surface area (Å²) >= 11 is 0. The van der Waals surface area contributed by atoms with Gasteiger partial charge in [-0.05, 0) is 43.0 Å². The van der Waals surface area contributed by atoms with E-state index in [9.17, 15) is 4.79 Å². The molecule has 2 rings (SSSR count). The van der Waals surface area contributed by atoms with Crippen LogP contribution >= 0.6 is 0 Å².